The van der Waals surface area contributed by atoms with E-state index in [4.69, 9.17) is 0 Å². The van der Waals surface area contributed by atoms with E-state index in [1.165, 1.54) is 0 Å². The van der Waals surface area contributed by atoms with Crippen LogP contribution in [0.5, 0.6) is 0 Å². The zero-order valence-corrected chi connectivity index (χ0v) is 13.8. The molecule has 2 aromatic rings. The lowest BCUT2D eigenvalue weighted by atomic mass is 10.1. The van der Waals surface area contributed by atoms with E-state index < -0.39 is 49.2 Å². The fourth-order valence-corrected chi connectivity index (χ4v) is 2.41. The number of carbonyl (C=O) groups excluding carboxylic acids is 1. The van der Waals surface area contributed by atoms with Crippen LogP contribution in [0.1, 0.15) is 5.56 Å². The molecule has 144 valence electrons. The third-order valence-electron chi connectivity index (χ3n) is 3.11. The molecule has 0 unspecified atom stereocenters. The Balaban J connectivity index is 2.20. The molecule has 2 N–H and O–H groups in total. The topological polar surface area (TPSA) is 118 Å². The van der Waals surface area contributed by atoms with Crippen LogP contribution in [-0.2, 0) is 16.4 Å². The van der Waals surface area contributed by atoms with Crippen molar-refractivity contribution in [3.05, 3.63) is 58.1 Å². The van der Waals surface area contributed by atoms with Crippen LogP contribution in [0.3, 0.4) is 0 Å². The van der Waals surface area contributed by atoms with Crippen molar-refractivity contribution in [2.45, 2.75) is 11.1 Å². The first-order valence-electron chi connectivity index (χ1n) is 6.86. The molecule has 0 fully saturated rings. The number of non-ortho nitro benzene ring substituents is 1. The van der Waals surface area contributed by atoms with Crippen LogP contribution in [0.2, 0.25) is 0 Å². The number of hydrogen-bond donors (Lipinski definition) is 2. The van der Waals surface area contributed by atoms with E-state index in [1.54, 1.807) is 0 Å². The molecule has 13 heteroatoms. The number of nitro benzene ring substituents is 1. The minimum absolute atomic E-state index is 0.00127. The quantitative estimate of drug-likeness (QED) is 0.345. The van der Waals surface area contributed by atoms with E-state index in [1.807, 2.05) is 5.32 Å². The Labute approximate surface area is 149 Å². The van der Waals surface area contributed by atoms with Gasteiger partial charge in [0.15, 0.2) is 0 Å². The summed E-state index contributed by atoms with van der Waals surface area (Å²) in [5, 5.41) is 14.9. The smallest absolute Gasteiger partial charge is 0.308 e. The Hall–Kier alpha value is -3.22. The normalized spacial score (nSPS) is 11.7. The number of rotatable bonds is 4. The average Bonchev–Trinajstić information content (AvgIpc) is 2.53. The number of nitro groups is 1. The van der Waals surface area contributed by atoms with Gasteiger partial charge in [0, 0.05) is 23.5 Å². The number of halogens is 4. The lowest BCUT2D eigenvalue weighted by Crippen LogP contribution is -2.20. The second-order valence-corrected chi connectivity index (χ2v) is 6.41. The van der Waals surface area contributed by atoms with Gasteiger partial charge in [0.05, 0.1) is 15.4 Å². The molecule has 2 aromatic carbocycles. The minimum Gasteiger partial charge on any atom is -0.308 e. The van der Waals surface area contributed by atoms with Gasteiger partial charge in [-0.1, -0.05) is 0 Å². The number of urea groups is 1. The lowest BCUT2D eigenvalue weighted by Gasteiger charge is -2.11. The maximum atomic E-state index is 12.8. The first-order chi connectivity index (χ1) is 12.4. The van der Waals surface area contributed by atoms with Crippen molar-refractivity contribution in [2.24, 2.45) is 0 Å². The van der Waals surface area contributed by atoms with E-state index in [9.17, 15) is 40.4 Å². The van der Waals surface area contributed by atoms with Gasteiger partial charge in [0.25, 0.3) is 5.69 Å². The molecule has 0 heterocycles. The molecule has 2 amide bonds. The van der Waals surface area contributed by atoms with Crippen molar-refractivity contribution in [3.63, 3.8) is 0 Å². The number of anilines is 2. The van der Waals surface area contributed by atoms with Gasteiger partial charge in [0.2, 0.25) is 0 Å². The third-order valence-corrected chi connectivity index (χ3v) is 3.94. The Kier molecular flexibility index (Phi) is 5.35. The standard InChI is InChI=1S/C14H9F4N3O5S/c15-14(16,17)8-5-10(7-11(6-8)21(23)24)20-13(22)19-9-1-3-12(4-2-9)27(18,25)26/h1-7H,(H2,19,20,22). The van der Waals surface area contributed by atoms with E-state index in [0.717, 1.165) is 30.3 Å². The number of nitrogens with zero attached hydrogens (tertiary/aromatic N) is 1. The number of alkyl halides is 3. The molecule has 2 rings (SSSR count). The van der Waals surface area contributed by atoms with Gasteiger partial charge in [-0.05, 0) is 30.3 Å². The molecule has 0 atom stereocenters. The van der Waals surface area contributed by atoms with Crippen LogP contribution >= 0.6 is 0 Å². The van der Waals surface area contributed by atoms with Gasteiger partial charge in [-0.25, -0.2) is 4.79 Å². The average molecular weight is 407 g/mol. The van der Waals surface area contributed by atoms with Gasteiger partial charge in [0.1, 0.15) is 0 Å². The van der Waals surface area contributed by atoms with E-state index in [0.29, 0.717) is 12.1 Å². The Morgan fingerprint density at radius 1 is 1.00 bits per heavy atom. The van der Waals surface area contributed by atoms with Crippen LogP contribution in [-0.4, -0.2) is 19.4 Å². The number of hydrogen-bond acceptors (Lipinski definition) is 5. The summed E-state index contributed by atoms with van der Waals surface area (Å²) in [6, 6.07) is 4.30. The molecule has 0 aliphatic heterocycles. The minimum atomic E-state index is -4.93. The zero-order chi connectivity index (χ0) is 20.4. The first kappa shape index (κ1) is 20.1. The van der Waals surface area contributed by atoms with Gasteiger partial charge in [-0.3, -0.25) is 10.1 Å². The number of amides is 2. The highest BCUT2D eigenvalue weighted by atomic mass is 32.3. The Morgan fingerprint density at radius 2 is 1.56 bits per heavy atom. The highest BCUT2D eigenvalue weighted by Gasteiger charge is 2.33. The van der Waals surface area contributed by atoms with Gasteiger partial charge in [-0.2, -0.15) is 21.6 Å². The van der Waals surface area contributed by atoms with Crippen molar-refractivity contribution in [1.29, 1.82) is 0 Å². The molecule has 8 nitrogen and oxygen atoms in total. The summed E-state index contributed by atoms with van der Waals surface area (Å²) in [6.07, 6.45) is -4.87. The summed E-state index contributed by atoms with van der Waals surface area (Å²) >= 11 is 0. The van der Waals surface area contributed by atoms with E-state index >= 15 is 0 Å². The monoisotopic (exact) mass is 407 g/mol. The summed E-state index contributed by atoms with van der Waals surface area (Å²) in [6.45, 7) is 0. The summed E-state index contributed by atoms with van der Waals surface area (Å²) in [4.78, 5) is 20.9. The van der Waals surface area contributed by atoms with Crippen LogP contribution in [0.15, 0.2) is 47.4 Å². The summed E-state index contributed by atoms with van der Waals surface area (Å²) in [7, 11) is -4.93. The van der Waals surface area contributed by atoms with Gasteiger partial charge < -0.3 is 10.6 Å². The summed E-state index contributed by atoms with van der Waals surface area (Å²) < 4.78 is 72.6. The highest BCUT2D eigenvalue weighted by molar-refractivity contribution is 7.86. The van der Waals surface area contributed by atoms with Crippen molar-refractivity contribution in [3.8, 4) is 0 Å². The zero-order valence-electron chi connectivity index (χ0n) is 13.0. The van der Waals surface area contributed by atoms with Crippen molar-refractivity contribution in [1.82, 2.24) is 0 Å². The number of carbonyl (C=O) groups is 1. The molecular weight excluding hydrogens is 398 g/mol. The first-order valence-corrected chi connectivity index (χ1v) is 8.24. The molecule has 0 spiro atoms. The second-order valence-electron chi connectivity index (χ2n) is 5.06. The molecule has 0 saturated carbocycles. The second kappa shape index (κ2) is 7.19. The molecule has 0 radical (unpaired) electrons. The fourth-order valence-electron chi connectivity index (χ4n) is 1.95. The molecule has 0 bridgehead atoms. The molecule has 0 aliphatic carbocycles. The largest absolute Gasteiger partial charge is 0.416 e. The van der Waals surface area contributed by atoms with Crippen LogP contribution in [0, 0.1) is 10.1 Å². The maximum Gasteiger partial charge on any atom is 0.416 e. The fraction of sp³-hybridized carbons (Fsp3) is 0.0714. The predicted octanol–water partition coefficient (Wildman–Crippen LogP) is 3.92. The van der Waals surface area contributed by atoms with E-state index in [2.05, 4.69) is 5.32 Å². The van der Waals surface area contributed by atoms with Crippen molar-refractivity contribution >= 4 is 33.3 Å². The summed E-state index contributed by atoms with van der Waals surface area (Å²) in [5.74, 6) is 0. The van der Waals surface area contributed by atoms with Crippen molar-refractivity contribution < 1.29 is 35.2 Å². The van der Waals surface area contributed by atoms with Crippen LogP contribution in [0.25, 0.3) is 0 Å². The highest BCUT2D eigenvalue weighted by Crippen LogP contribution is 2.34. The van der Waals surface area contributed by atoms with Gasteiger partial charge >= 0.3 is 22.4 Å². The van der Waals surface area contributed by atoms with Crippen LogP contribution < -0.4 is 10.6 Å². The predicted molar refractivity (Wildman–Crippen MR) is 85.5 cm³/mol. The van der Waals surface area contributed by atoms with Crippen molar-refractivity contribution in [2.75, 3.05) is 10.6 Å². The number of benzene rings is 2. The molecule has 0 aliphatic rings. The van der Waals surface area contributed by atoms with E-state index in [-0.39, 0.29) is 5.69 Å². The molecule has 0 aromatic heterocycles. The maximum absolute atomic E-state index is 12.8. The molecule has 27 heavy (non-hydrogen) atoms. The summed E-state index contributed by atoms with van der Waals surface area (Å²) in [5.41, 5.74) is -2.69. The lowest BCUT2D eigenvalue weighted by molar-refractivity contribution is -0.385. The molecular formula is C14H9F4N3O5S. The van der Waals surface area contributed by atoms with Gasteiger partial charge in [-0.15, -0.1) is 3.89 Å². The van der Waals surface area contributed by atoms with Crippen LogP contribution in [0.4, 0.5) is 38.9 Å². The Bertz CT molecular complexity index is 991. The Morgan fingerprint density at radius 3 is 2.04 bits per heavy atom. The number of nitrogens with one attached hydrogen (secondary N) is 2. The molecule has 0 saturated heterocycles. The SMILES string of the molecule is O=C(Nc1ccc(S(=O)(=O)F)cc1)Nc1cc([N+](=O)[O-])cc(C(F)(F)F)c1. The third kappa shape index (κ3) is 5.37.